The molecule has 7 heavy (non-hydrogen) atoms. The number of nitrogens with two attached hydrogens (primary N) is 1. The quantitative estimate of drug-likeness (QED) is 0.682. The van der Waals surface area contributed by atoms with E-state index in [1.807, 2.05) is 0 Å². The van der Waals surface area contributed by atoms with Crippen LogP contribution in [0.2, 0.25) is 14.3 Å². The topological polar surface area (TPSA) is 26.0 Å². The fraction of sp³-hybridized carbons (Fsp3) is 1.00. The zero-order valence-corrected chi connectivity index (χ0v) is 8.57. The van der Waals surface area contributed by atoms with Gasteiger partial charge in [-0.1, -0.05) is 0 Å². The first kappa shape index (κ1) is 7.76. The van der Waals surface area contributed by atoms with Crippen LogP contribution in [0.15, 0.2) is 0 Å². The molecule has 0 heterocycles. The Labute approximate surface area is 53.0 Å². The Morgan fingerprint density at radius 2 is 2.00 bits per heavy atom. The van der Waals surface area contributed by atoms with E-state index in [0.29, 0.717) is 0 Å². The molecule has 0 atom stereocenters. The predicted octanol–water partition coefficient (Wildman–Crippen LogP) is 0.822. The molecule has 0 saturated carbocycles. The van der Waals surface area contributed by atoms with Gasteiger partial charge in [0, 0.05) is 0 Å². The van der Waals surface area contributed by atoms with Crippen molar-refractivity contribution in [2.24, 2.45) is 5.73 Å². The van der Waals surface area contributed by atoms with Gasteiger partial charge < -0.3 is 0 Å². The summed E-state index contributed by atoms with van der Waals surface area (Å²) < 4.78 is 1.48. The van der Waals surface area contributed by atoms with Gasteiger partial charge in [-0.3, -0.25) is 0 Å². The van der Waals surface area contributed by atoms with Gasteiger partial charge in [-0.2, -0.15) is 0 Å². The van der Waals surface area contributed by atoms with E-state index in [9.17, 15) is 0 Å². The number of hydrogen-bond donors (Lipinski definition) is 1. The van der Waals surface area contributed by atoms with E-state index >= 15 is 0 Å². The Morgan fingerprint density at radius 1 is 1.43 bits per heavy atom. The van der Waals surface area contributed by atoms with Crippen molar-refractivity contribution in [2.45, 2.75) is 20.7 Å². The number of hydrogen-bond acceptors (Lipinski definition) is 1. The summed E-state index contributed by atoms with van der Waals surface area (Å²) in [5.74, 6) is 0. The van der Waals surface area contributed by atoms with Gasteiger partial charge in [0.25, 0.3) is 0 Å². The summed E-state index contributed by atoms with van der Waals surface area (Å²) in [5.41, 5.74) is 5.31. The molecular formula is C5H15NSn. The van der Waals surface area contributed by atoms with Crippen molar-refractivity contribution in [3.8, 4) is 0 Å². The van der Waals surface area contributed by atoms with E-state index in [4.69, 9.17) is 5.73 Å². The van der Waals surface area contributed by atoms with Gasteiger partial charge in [-0.25, -0.2) is 0 Å². The number of rotatable bonds is 3. The second-order valence-electron chi connectivity index (χ2n) is 2.32. The van der Waals surface area contributed by atoms with Crippen LogP contribution in [0.4, 0.5) is 0 Å². The summed E-state index contributed by atoms with van der Waals surface area (Å²) >= 11 is -0.827. The van der Waals surface area contributed by atoms with E-state index in [2.05, 4.69) is 9.88 Å². The van der Waals surface area contributed by atoms with E-state index in [0.717, 1.165) is 6.54 Å². The van der Waals surface area contributed by atoms with Crippen LogP contribution in [-0.4, -0.2) is 26.3 Å². The molecule has 0 aliphatic heterocycles. The van der Waals surface area contributed by atoms with Gasteiger partial charge >= 0.3 is 52.8 Å². The average molecular weight is 208 g/mol. The maximum absolute atomic E-state index is 5.31. The van der Waals surface area contributed by atoms with E-state index in [-0.39, 0.29) is 0 Å². The molecule has 0 spiro atoms. The summed E-state index contributed by atoms with van der Waals surface area (Å²) in [6.45, 7) is 0.898. The summed E-state index contributed by atoms with van der Waals surface area (Å²) in [5, 5.41) is 0. The van der Waals surface area contributed by atoms with Crippen LogP contribution >= 0.6 is 0 Å². The molecule has 0 aromatic heterocycles. The fourth-order valence-electron chi connectivity index (χ4n) is 0.526. The van der Waals surface area contributed by atoms with Crippen molar-refractivity contribution in [1.29, 1.82) is 0 Å². The Balaban J connectivity index is 2.68. The molecule has 0 aliphatic carbocycles. The minimum absolute atomic E-state index is 0.827. The van der Waals surface area contributed by atoms with E-state index < -0.39 is 19.8 Å². The van der Waals surface area contributed by atoms with Crippen LogP contribution in [0, 0.1) is 0 Å². The van der Waals surface area contributed by atoms with Crippen molar-refractivity contribution in [1.82, 2.24) is 0 Å². The predicted molar refractivity (Wildman–Crippen MR) is 37.4 cm³/mol. The maximum atomic E-state index is 5.31. The fourth-order valence-corrected chi connectivity index (χ4v) is 3.53. The van der Waals surface area contributed by atoms with Gasteiger partial charge in [0.2, 0.25) is 0 Å². The zero-order valence-electron chi connectivity index (χ0n) is 5.28. The molecule has 0 bridgehead atoms. The summed E-state index contributed by atoms with van der Waals surface area (Å²) in [6, 6.07) is 0. The van der Waals surface area contributed by atoms with Crippen LogP contribution in [0.5, 0.6) is 0 Å². The van der Waals surface area contributed by atoms with Gasteiger partial charge in [0.05, 0.1) is 0 Å². The Bertz CT molecular complexity index is 37.1. The van der Waals surface area contributed by atoms with Crippen LogP contribution in [0.25, 0.3) is 0 Å². The molecule has 0 rings (SSSR count). The molecule has 0 unspecified atom stereocenters. The third-order valence-electron chi connectivity index (χ3n) is 0.986. The average Bonchev–Trinajstić information content (AvgIpc) is 1.61. The van der Waals surface area contributed by atoms with Crippen LogP contribution < -0.4 is 5.73 Å². The summed E-state index contributed by atoms with van der Waals surface area (Å²) in [6.07, 6.45) is 1.27. The first-order chi connectivity index (χ1) is 3.27. The molecule has 0 aromatic carbocycles. The second-order valence-corrected chi connectivity index (χ2v) is 11.9. The molecule has 0 radical (unpaired) electrons. The molecule has 44 valence electrons. The van der Waals surface area contributed by atoms with Crippen molar-refractivity contribution in [3.63, 3.8) is 0 Å². The Morgan fingerprint density at radius 3 is 2.14 bits per heavy atom. The molecule has 0 aromatic rings. The van der Waals surface area contributed by atoms with Gasteiger partial charge in [-0.05, 0) is 0 Å². The Kier molecular flexibility index (Phi) is 5.44. The van der Waals surface area contributed by atoms with Crippen molar-refractivity contribution >= 4 is 19.8 Å². The minimum atomic E-state index is -0.827. The summed E-state index contributed by atoms with van der Waals surface area (Å²) in [7, 11) is 0. The van der Waals surface area contributed by atoms with Gasteiger partial charge in [-0.15, -0.1) is 0 Å². The monoisotopic (exact) mass is 209 g/mol. The first-order valence-electron chi connectivity index (χ1n) is 2.97. The normalized spacial score (nSPS) is 10.3. The Hall–Kier alpha value is 0.759. The van der Waals surface area contributed by atoms with Crippen molar-refractivity contribution < 1.29 is 0 Å². The zero-order chi connectivity index (χ0) is 5.70. The third kappa shape index (κ3) is 6.76. The molecule has 2 heteroatoms. The molecule has 0 fully saturated rings. The molecule has 1 nitrogen and oxygen atoms in total. The molecule has 0 amide bonds. The van der Waals surface area contributed by atoms with Crippen molar-refractivity contribution in [3.05, 3.63) is 0 Å². The van der Waals surface area contributed by atoms with Crippen LogP contribution in [0.3, 0.4) is 0 Å². The van der Waals surface area contributed by atoms with Gasteiger partial charge in [0.15, 0.2) is 0 Å². The SMILES string of the molecule is [CH3][SnH]([CH3])[CH2]CCN. The third-order valence-corrected chi connectivity index (χ3v) is 5.45. The standard InChI is InChI=1S/C3H8N.2CH3.Sn.H/c1-2-3-4;;;;/h1-4H2;2*1H3;;. The molecular weight excluding hydrogens is 193 g/mol. The molecule has 2 N–H and O–H groups in total. The van der Waals surface area contributed by atoms with Crippen LogP contribution in [-0.2, 0) is 0 Å². The van der Waals surface area contributed by atoms with Crippen molar-refractivity contribution in [2.75, 3.05) is 6.54 Å². The van der Waals surface area contributed by atoms with Gasteiger partial charge in [0.1, 0.15) is 0 Å². The molecule has 0 saturated heterocycles. The van der Waals surface area contributed by atoms with E-state index in [1.165, 1.54) is 10.9 Å². The summed E-state index contributed by atoms with van der Waals surface area (Å²) in [4.78, 5) is 4.86. The van der Waals surface area contributed by atoms with Crippen LogP contribution in [0.1, 0.15) is 6.42 Å². The molecule has 0 aliphatic rings. The first-order valence-corrected chi connectivity index (χ1v) is 11.9. The second kappa shape index (κ2) is 4.91. The van der Waals surface area contributed by atoms with E-state index in [1.54, 1.807) is 0 Å².